The van der Waals surface area contributed by atoms with Crippen molar-refractivity contribution >= 4 is 23.4 Å². The minimum Gasteiger partial charge on any atom is -0.451 e. The summed E-state index contributed by atoms with van der Waals surface area (Å²) in [6.07, 6.45) is 4.95. The maximum Gasteiger partial charge on any atom is 0.287 e. The van der Waals surface area contributed by atoms with E-state index in [1.54, 1.807) is 55.5 Å². The smallest absolute Gasteiger partial charge is 0.287 e. The first-order valence-electron chi connectivity index (χ1n) is 13.5. The Morgan fingerprint density at radius 3 is 2.38 bits per heavy atom. The topological polar surface area (TPSA) is 134 Å². The Bertz CT molecular complexity index is 1240. The predicted octanol–water partition coefficient (Wildman–Crippen LogP) is 4.86. The lowest BCUT2D eigenvalue weighted by molar-refractivity contribution is -0.123. The fourth-order valence-corrected chi connectivity index (χ4v) is 4.02. The molecule has 3 aromatic rings. The van der Waals surface area contributed by atoms with Crippen molar-refractivity contribution < 1.29 is 23.9 Å². The van der Waals surface area contributed by atoms with Gasteiger partial charge in [0, 0.05) is 23.5 Å². The molecule has 9 heteroatoms. The summed E-state index contributed by atoms with van der Waals surface area (Å²) in [5.74, 6) is -0.548. The summed E-state index contributed by atoms with van der Waals surface area (Å²) < 4.78 is 5.79. The van der Waals surface area contributed by atoms with Crippen LogP contribution in [0.4, 0.5) is 5.69 Å². The predicted molar refractivity (Wildman–Crippen MR) is 150 cm³/mol. The number of unbranched alkanes of at least 4 members (excludes halogenated alkanes) is 4. The van der Waals surface area contributed by atoms with E-state index < -0.39 is 18.1 Å². The van der Waals surface area contributed by atoms with Crippen molar-refractivity contribution in [3.8, 4) is 11.3 Å². The Hall–Kier alpha value is -3.98. The molecule has 2 heterocycles. The first-order chi connectivity index (χ1) is 18.8. The van der Waals surface area contributed by atoms with Gasteiger partial charge in [0.05, 0.1) is 6.10 Å². The van der Waals surface area contributed by atoms with Gasteiger partial charge in [0.2, 0.25) is 5.91 Å². The Morgan fingerprint density at radius 1 is 0.949 bits per heavy atom. The average molecular weight is 535 g/mol. The van der Waals surface area contributed by atoms with Gasteiger partial charge in [-0.2, -0.15) is 0 Å². The molecular weight excluding hydrogens is 496 g/mol. The van der Waals surface area contributed by atoms with Gasteiger partial charge in [0.1, 0.15) is 17.5 Å². The zero-order valence-corrected chi connectivity index (χ0v) is 22.8. The maximum atomic E-state index is 12.9. The van der Waals surface area contributed by atoms with Gasteiger partial charge in [0.15, 0.2) is 5.76 Å². The highest BCUT2D eigenvalue weighted by Crippen LogP contribution is 2.24. The van der Waals surface area contributed by atoms with E-state index in [2.05, 4.69) is 27.9 Å². The van der Waals surface area contributed by atoms with Gasteiger partial charge < -0.3 is 25.5 Å². The summed E-state index contributed by atoms with van der Waals surface area (Å²) in [5.41, 5.74) is 2.42. The average Bonchev–Trinajstić information content (AvgIpc) is 3.42. The highest BCUT2D eigenvalue weighted by molar-refractivity contribution is 6.03. The first-order valence-corrected chi connectivity index (χ1v) is 13.5. The molecule has 208 valence electrons. The molecule has 0 fully saturated rings. The third kappa shape index (κ3) is 9.37. The number of nitrogens with one attached hydrogen (secondary N) is 3. The second-order valence-corrected chi connectivity index (χ2v) is 9.68. The number of furan rings is 1. The molecule has 0 aliphatic heterocycles. The number of hydrogen-bond donors (Lipinski definition) is 4. The number of anilines is 1. The van der Waals surface area contributed by atoms with Crippen LogP contribution in [-0.4, -0.2) is 46.5 Å². The number of carbonyl (C=O) groups is 3. The molecule has 0 aliphatic carbocycles. The first kappa shape index (κ1) is 29.6. The second kappa shape index (κ2) is 14.8. The van der Waals surface area contributed by atoms with Crippen molar-refractivity contribution in [2.24, 2.45) is 0 Å². The van der Waals surface area contributed by atoms with E-state index in [1.165, 1.54) is 0 Å². The number of pyridine rings is 1. The Labute approximate surface area is 229 Å². The number of aliphatic hydroxyl groups excluding tert-OH is 1. The number of aliphatic hydroxyl groups is 1. The summed E-state index contributed by atoms with van der Waals surface area (Å²) in [4.78, 5) is 42.3. The van der Waals surface area contributed by atoms with Gasteiger partial charge in [-0.25, -0.2) is 4.98 Å². The molecule has 3 amide bonds. The van der Waals surface area contributed by atoms with E-state index in [4.69, 9.17) is 4.42 Å². The summed E-state index contributed by atoms with van der Waals surface area (Å²) in [6.45, 7) is 5.67. The van der Waals surface area contributed by atoms with Crippen LogP contribution < -0.4 is 16.0 Å². The van der Waals surface area contributed by atoms with Crippen molar-refractivity contribution in [3.05, 3.63) is 71.7 Å². The molecule has 0 spiro atoms. The monoisotopic (exact) mass is 534 g/mol. The molecule has 0 aliphatic rings. The molecule has 2 aromatic heterocycles. The summed E-state index contributed by atoms with van der Waals surface area (Å²) in [6, 6.07) is 14.8. The lowest BCUT2D eigenvalue weighted by Crippen LogP contribution is -2.48. The Morgan fingerprint density at radius 2 is 1.69 bits per heavy atom. The van der Waals surface area contributed by atoms with E-state index in [1.807, 2.05) is 13.0 Å². The minimum atomic E-state index is -0.725. The van der Waals surface area contributed by atoms with Crippen LogP contribution in [0.3, 0.4) is 0 Å². The SMILES string of the molecule is CCCCCCC[C@H](NC(=O)c1ccc(-c2ccc(NC(=O)c3cccc(C)n3)cc2)o1)C(=O)NC[C@@H](C)O. The van der Waals surface area contributed by atoms with Crippen LogP contribution in [0.5, 0.6) is 0 Å². The van der Waals surface area contributed by atoms with Crippen LogP contribution in [0, 0.1) is 6.92 Å². The van der Waals surface area contributed by atoms with Crippen LogP contribution in [0.2, 0.25) is 0 Å². The zero-order valence-electron chi connectivity index (χ0n) is 22.8. The van der Waals surface area contributed by atoms with Crippen LogP contribution in [0.15, 0.2) is 59.0 Å². The summed E-state index contributed by atoms with van der Waals surface area (Å²) in [5, 5.41) is 17.8. The molecule has 2 atom stereocenters. The molecule has 39 heavy (non-hydrogen) atoms. The normalized spacial score (nSPS) is 12.4. The molecule has 0 bridgehead atoms. The van der Waals surface area contributed by atoms with Crippen molar-refractivity contribution in [3.63, 3.8) is 0 Å². The lowest BCUT2D eigenvalue weighted by Gasteiger charge is -2.18. The quantitative estimate of drug-likeness (QED) is 0.218. The molecule has 0 saturated carbocycles. The fourth-order valence-electron chi connectivity index (χ4n) is 4.02. The molecule has 0 unspecified atom stereocenters. The maximum absolute atomic E-state index is 12.9. The zero-order chi connectivity index (χ0) is 28.2. The molecule has 3 rings (SSSR count). The van der Waals surface area contributed by atoms with Crippen molar-refractivity contribution in [2.75, 3.05) is 11.9 Å². The third-order valence-corrected chi connectivity index (χ3v) is 6.17. The molecule has 9 nitrogen and oxygen atoms in total. The number of nitrogens with zero attached hydrogens (tertiary/aromatic N) is 1. The number of aryl methyl sites for hydroxylation is 1. The second-order valence-electron chi connectivity index (χ2n) is 9.68. The lowest BCUT2D eigenvalue weighted by atomic mass is 10.1. The number of carbonyl (C=O) groups excluding carboxylic acids is 3. The van der Waals surface area contributed by atoms with Gasteiger partial charge in [-0.3, -0.25) is 14.4 Å². The largest absolute Gasteiger partial charge is 0.451 e. The number of hydrogen-bond acceptors (Lipinski definition) is 6. The Kier molecular flexibility index (Phi) is 11.2. The number of benzene rings is 1. The van der Waals surface area contributed by atoms with E-state index in [9.17, 15) is 19.5 Å². The summed E-state index contributed by atoms with van der Waals surface area (Å²) in [7, 11) is 0. The van der Waals surface area contributed by atoms with Gasteiger partial charge >= 0.3 is 0 Å². The molecular formula is C30H38N4O5. The van der Waals surface area contributed by atoms with Gasteiger partial charge in [-0.15, -0.1) is 0 Å². The number of aromatic nitrogens is 1. The highest BCUT2D eigenvalue weighted by Gasteiger charge is 2.23. The Balaban J connectivity index is 1.61. The van der Waals surface area contributed by atoms with Crippen molar-refractivity contribution in [2.45, 2.75) is 71.4 Å². The highest BCUT2D eigenvalue weighted by atomic mass is 16.4. The fraction of sp³-hybridized carbons (Fsp3) is 0.400. The van der Waals surface area contributed by atoms with Gasteiger partial charge in [-0.05, 0) is 68.8 Å². The van der Waals surface area contributed by atoms with Crippen LogP contribution in [-0.2, 0) is 4.79 Å². The van der Waals surface area contributed by atoms with Crippen LogP contribution >= 0.6 is 0 Å². The van der Waals surface area contributed by atoms with E-state index in [0.717, 1.165) is 43.4 Å². The van der Waals surface area contributed by atoms with Crippen LogP contribution in [0.1, 0.15) is 79.1 Å². The van der Waals surface area contributed by atoms with E-state index >= 15 is 0 Å². The van der Waals surface area contributed by atoms with E-state index in [-0.39, 0.29) is 24.1 Å². The van der Waals surface area contributed by atoms with Crippen molar-refractivity contribution in [1.82, 2.24) is 15.6 Å². The third-order valence-electron chi connectivity index (χ3n) is 6.17. The number of rotatable bonds is 14. The molecule has 1 aromatic carbocycles. The van der Waals surface area contributed by atoms with Gasteiger partial charge in [0.25, 0.3) is 11.8 Å². The number of amides is 3. The standard InChI is InChI=1S/C30H38N4O5/c1-4-5-6-7-8-11-24(28(36)31-19-21(3)35)34-30(38)27-18-17-26(39-27)22-13-15-23(16-14-22)33-29(37)25-12-9-10-20(2)32-25/h9-10,12-18,21,24,35H,4-8,11,19H2,1-3H3,(H,31,36)(H,33,37)(H,34,38)/t21-,24+/m1/s1. The molecule has 4 N–H and O–H groups in total. The van der Waals surface area contributed by atoms with E-state index in [0.29, 0.717) is 23.6 Å². The molecule has 0 radical (unpaired) electrons. The minimum absolute atomic E-state index is 0.0900. The van der Waals surface area contributed by atoms with Crippen molar-refractivity contribution in [1.29, 1.82) is 0 Å². The van der Waals surface area contributed by atoms with Gasteiger partial charge in [-0.1, -0.05) is 45.1 Å². The summed E-state index contributed by atoms with van der Waals surface area (Å²) >= 11 is 0. The molecule has 0 saturated heterocycles. The van der Waals surface area contributed by atoms with Crippen LogP contribution in [0.25, 0.3) is 11.3 Å².